The van der Waals surface area contributed by atoms with Gasteiger partial charge in [0.2, 0.25) is 11.0 Å². The topological polar surface area (TPSA) is 75.2 Å². The Labute approximate surface area is 181 Å². The number of benzene rings is 2. The number of nitrogens with one attached hydrogen (secondary N) is 1. The summed E-state index contributed by atoms with van der Waals surface area (Å²) in [5.41, 5.74) is 1.79. The monoisotopic (exact) mass is 442 g/mol. The molecular formula is C20H18N4O2S3. The van der Waals surface area contributed by atoms with Gasteiger partial charge in [0, 0.05) is 17.1 Å². The summed E-state index contributed by atoms with van der Waals surface area (Å²) in [4.78, 5) is 27.1. The lowest BCUT2D eigenvalue weighted by molar-refractivity contribution is -0.119. The Morgan fingerprint density at radius 3 is 2.55 bits per heavy atom. The van der Waals surface area contributed by atoms with Gasteiger partial charge in [-0.25, -0.2) is 0 Å². The van der Waals surface area contributed by atoms with Gasteiger partial charge in [-0.15, -0.1) is 22.0 Å². The lowest BCUT2D eigenvalue weighted by atomic mass is 10.1. The van der Waals surface area contributed by atoms with Crippen molar-refractivity contribution in [2.24, 2.45) is 0 Å². The molecule has 29 heavy (non-hydrogen) atoms. The van der Waals surface area contributed by atoms with Gasteiger partial charge in [0.25, 0.3) is 5.91 Å². The highest BCUT2D eigenvalue weighted by Gasteiger charge is 2.35. The Bertz CT molecular complexity index is 982. The Kier molecular flexibility index (Phi) is 6.48. The smallest absolute Gasteiger partial charge is 0.255 e. The standard InChI is InChI=1S/C20H18N4O2S3/c25-17(16-12-27-13-24(16)18(26)15-9-5-2-6-10-15)21-19-22-23-20(29-19)28-11-14-7-3-1-4-8-14/h1-10,16H,11-13H2,(H,21,22,25)/t16-/m0/s1. The third-order valence-electron chi connectivity index (χ3n) is 4.31. The van der Waals surface area contributed by atoms with Crippen LogP contribution >= 0.6 is 34.9 Å². The van der Waals surface area contributed by atoms with Gasteiger partial charge >= 0.3 is 0 Å². The highest BCUT2D eigenvalue weighted by Crippen LogP contribution is 2.29. The first-order valence-corrected chi connectivity index (χ1v) is 11.9. The third-order valence-corrected chi connectivity index (χ3v) is 7.36. The van der Waals surface area contributed by atoms with Gasteiger partial charge in [-0.1, -0.05) is 71.6 Å². The number of hydrogen-bond acceptors (Lipinski definition) is 7. The summed E-state index contributed by atoms with van der Waals surface area (Å²) in [7, 11) is 0. The van der Waals surface area contributed by atoms with Crippen LogP contribution in [-0.2, 0) is 10.5 Å². The zero-order chi connectivity index (χ0) is 20.1. The quantitative estimate of drug-likeness (QED) is 0.460. The van der Waals surface area contributed by atoms with Crippen LogP contribution < -0.4 is 5.32 Å². The molecule has 3 aromatic rings. The fourth-order valence-corrected chi connectivity index (χ4v) is 5.70. The van der Waals surface area contributed by atoms with Crippen molar-refractivity contribution >= 4 is 51.8 Å². The van der Waals surface area contributed by atoms with Crippen LogP contribution in [0.25, 0.3) is 0 Å². The van der Waals surface area contributed by atoms with E-state index in [-0.39, 0.29) is 11.8 Å². The second-order valence-corrected chi connectivity index (χ2v) is 9.49. The van der Waals surface area contributed by atoms with Crippen LogP contribution in [0.2, 0.25) is 0 Å². The fourth-order valence-electron chi connectivity index (χ4n) is 2.83. The molecule has 0 unspecified atom stereocenters. The number of amides is 2. The van der Waals surface area contributed by atoms with E-state index in [4.69, 9.17) is 0 Å². The number of anilines is 1. The van der Waals surface area contributed by atoms with Crippen LogP contribution in [0.1, 0.15) is 15.9 Å². The fraction of sp³-hybridized carbons (Fsp3) is 0.200. The molecular weight excluding hydrogens is 424 g/mol. The molecule has 1 aromatic heterocycles. The molecule has 0 radical (unpaired) electrons. The van der Waals surface area contributed by atoms with Crippen molar-refractivity contribution < 1.29 is 9.59 Å². The van der Waals surface area contributed by atoms with Gasteiger partial charge in [-0.3, -0.25) is 14.9 Å². The average Bonchev–Trinajstić information content (AvgIpc) is 3.43. The molecule has 4 rings (SSSR count). The Balaban J connectivity index is 1.36. The Hall–Kier alpha value is -2.36. The van der Waals surface area contributed by atoms with Crippen molar-refractivity contribution in [1.29, 1.82) is 0 Å². The summed E-state index contributed by atoms with van der Waals surface area (Å²) in [5.74, 6) is 1.50. The van der Waals surface area contributed by atoms with E-state index in [9.17, 15) is 9.59 Å². The summed E-state index contributed by atoms with van der Waals surface area (Å²) < 4.78 is 0.794. The van der Waals surface area contributed by atoms with Gasteiger partial charge in [-0.2, -0.15) is 0 Å². The number of carbonyl (C=O) groups is 2. The maximum absolute atomic E-state index is 12.8. The molecule has 0 saturated carbocycles. The van der Waals surface area contributed by atoms with Crippen molar-refractivity contribution in [3.05, 3.63) is 71.8 Å². The number of nitrogens with zero attached hydrogens (tertiary/aromatic N) is 3. The molecule has 1 N–H and O–H groups in total. The molecule has 1 aliphatic heterocycles. The summed E-state index contributed by atoms with van der Waals surface area (Å²) in [6.45, 7) is 0. The van der Waals surface area contributed by atoms with Crippen molar-refractivity contribution in [2.45, 2.75) is 16.1 Å². The van der Waals surface area contributed by atoms with Crippen LogP contribution in [0.4, 0.5) is 5.13 Å². The van der Waals surface area contributed by atoms with Gasteiger partial charge in [0.1, 0.15) is 6.04 Å². The number of hydrogen-bond donors (Lipinski definition) is 1. The summed E-state index contributed by atoms with van der Waals surface area (Å²) in [5, 5.41) is 11.5. The third kappa shape index (κ3) is 4.98. The van der Waals surface area contributed by atoms with Gasteiger partial charge in [-0.05, 0) is 17.7 Å². The van der Waals surface area contributed by atoms with Crippen LogP contribution in [0, 0.1) is 0 Å². The predicted molar refractivity (Wildman–Crippen MR) is 118 cm³/mol. The lowest BCUT2D eigenvalue weighted by Crippen LogP contribution is -2.44. The van der Waals surface area contributed by atoms with Crippen LogP contribution in [-0.4, -0.2) is 44.6 Å². The van der Waals surface area contributed by atoms with E-state index in [2.05, 4.69) is 27.6 Å². The molecule has 0 bridgehead atoms. The first-order valence-electron chi connectivity index (χ1n) is 8.95. The SMILES string of the molecule is O=C(Nc1nnc(SCc2ccccc2)s1)[C@@H]1CSCN1C(=O)c1ccccc1. The molecule has 2 aromatic carbocycles. The van der Waals surface area contributed by atoms with Crippen LogP contribution in [0.5, 0.6) is 0 Å². The second kappa shape index (κ2) is 9.43. The maximum Gasteiger partial charge on any atom is 0.255 e. The number of aromatic nitrogens is 2. The molecule has 0 spiro atoms. The molecule has 1 fully saturated rings. The molecule has 148 valence electrons. The summed E-state index contributed by atoms with van der Waals surface area (Å²) in [6, 6.07) is 18.6. The van der Waals surface area contributed by atoms with Crippen LogP contribution in [0.15, 0.2) is 65.0 Å². The van der Waals surface area contributed by atoms with Gasteiger partial charge in [0.15, 0.2) is 4.34 Å². The molecule has 2 heterocycles. The number of carbonyl (C=O) groups excluding carboxylic acids is 2. The summed E-state index contributed by atoms with van der Waals surface area (Å²) >= 11 is 4.50. The van der Waals surface area contributed by atoms with E-state index in [1.165, 1.54) is 16.9 Å². The molecule has 1 atom stereocenters. The first kappa shape index (κ1) is 19.9. The van der Waals surface area contributed by atoms with E-state index in [0.29, 0.717) is 22.3 Å². The highest BCUT2D eigenvalue weighted by atomic mass is 32.2. The van der Waals surface area contributed by atoms with E-state index in [1.807, 2.05) is 36.4 Å². The van der Waals surface area contributed by atoms with Crippen molar-refractivity contribution in [3.63, 3.8) is 0 Å². The minimum absolute atomic E-state index is 0.132. The summed E-state index contributed by atoms with van der Waals surface area (Å²) in [6.07, 6.45) is 0. The first-order chi connectivity index (χ1) is 14.2. The minimum atomic E-state index is -0.517. The predicted octanol–water partition coefficient (Wildman–Crippen LogP) is 3.98. The van der Waals surface area contributed by atoms with E-state index in [1.54, 1.807) is 40.6 Å². The van der Waals surface area contributed by atoms with E-state index < -0.39 is 6.04 Å². The minimum Gasteiger partial charge on any atom is -0.316 e. The molecule has 6 nitrogen and oxygen atoms in total. The second-order valence-electron chi connectivity index (χ2n) is 6.29. The molecule has 0 aliphatic carbocycles. The molecule has 9 heteroatoms. The molecule has 1 saturated heterocycles. The van der Waals surface area contributed by atoms with E-state index >= 15 is 0 Å². The highest BCUT2D eigenvalue weighted by molar-refractivity contribution is 8.00. The Morgan fingerprint density at radius 1 is 1.07 bits per heavy atom. The zero-order valence-electron chi connectivity index (χ0n) is 15.4. The number of rotatable bonds is 6. The Morgan fingerprint density at radius 2 is 1.79 bits per heavy atom. The normalized spacial score (nSPS) is 16.0. The lowest BCUT2D eigenvalue weighted by Gasteiger charge is -2.22. The zero-order valence-corrected chi connectivity index (χ0v) is 17.8. The van der Waals surface area contributed by atoms with Gasteiger partial charge in [0.05, 0.1) is 5.88 Å². The van der Waals surface area contributed by atoms with Gasteiger partial charge < -0.3 is 4.90 Å². The van der Waals surface area contributed by atoms with Crippen molar-refractivity contribution in [3.8, 4) is 0 Å². The maximum atomic E-state index is 12.8. The largest absolute Gasteiger partial charge is 0.316 e. The average molecular weight is 443 g/mol. The van der Waals surface area contributed by atoms with E-state index in [0.717, 1.165) is 10.1 Å². The van der Waals surface area contributed by atoms with Crippen molar-refractivity contribution in [2.75, 3.05) is 16.9 Å². The van der Waals surface area contributed by atoms with Crippen LogP contribution in [0.3, 0.4) is 0 Å². The number of thioether (sulfide) groups is 2. The molecule has 2 amide bonds. The van der Waals surface area contributed by atoms with Crippen molar-refractivity contribution in [1.82, 2.24) is 15.1 Å². The molecule has 1 aliphatic rings.